The predicted octanol–water partition coefficient (Wildman–Crippen LogP) is 0.551. The highest BCUT2D eigenvalue weighted by Crippen LogP contribution is 2.16. The van der Waals surface area contributed by atoms with Crippen molar-refractivity contribution in [2.24, 2.45) is 0 Å². The van der Waals surface area contributed by atoms with Crippen LogP contribution in [0.3, 0.4) is 0 Å². The van der Waals surface area contributed by atoms with Gasteiger partial charge in [0.25, 0.3) is 5.82 Å². The summed E-state index contributed by atoms with van der Waals surface area (Å²) in [6, 6.07) is 2.14. The molecular weight excluding hydrogens is 218 g/mol. The molecule has 0 unspecified atom stereocenters. The van der Waals surface area contributed by atoms with E-state index in [1.807, 2.05) is 11.0 Å². The Hall–Kier alpha value is -1.90. The lowest BCUT2D eigenvalue weighted by Gasteiger charge is -2.33. The SMILES string of the molecule is C[C@@H]1CCCCN1C(=O)Cn1cnc(C#N)n1. The van der Waals surface area contributed by atoms with Gasteiger partial charge < -0.3 is 4.90 Å². The van der Waals surface area contributed by atoms with Crippen LogP contribution in [-0.2, 0) is 11.3 Å². The van der Waals surface area contributed by atoms with Gasteiger partial charge in [0.1, 0.15) is 18.9 Å². The van der Waals surface area contributed by atoms with E-state index in [0.717, 1.165) is 19.4 Å². The van der Waals surface area contributed by atoms with Crippen molar-refractivity contribution in [3.8, 4) is 6.07 Å². The Bertz CT molecular complexity index is 447. The third-order valence-corrected chi connectivity index (χ3v) is 3.06. The molecule has 1 amide bonds. The van der Waals surface area contributed by atoms with Crippen LogP contribution in [0.4, 0.5) is 0 Å². The minimum absolute atomic E-state index is 0.0478. The molecule has 6 heteroatoms. The summed E-state index contributed by atoms with van der Waals surface area (Å²) in [5.74, 6) is 0.149. The molecule has 0 radical (unpaired) electrons. The second-order valence-corrected chi connectivity index (χ2v) is 4.31. The van der Waals surface area contributed by atoms with Crippen LogP contribution in [0.1, 0.15) is 32.0 Å². The van der Waals surface area contributed by atoms with Gasteiger partial charge in [-0.15, -0.1) is 5.10 Å². The van der Waals surface area contributed by atoms with Gasteiger partial charge in [0.05, 0.1) is 0 Å². The fraction of sp³-hybridized carbons (Fsp3) is 0.636. The molecule has 0 saturated carbocycles. The maximum absolute atomic E-state index is 12.0. The molecule has 1 aliphatic rings. The van der Waals surface area contributed by atoms with E-state index in [1.165, 1.54) is 17.4 Å². The van der Waals surface area contributed by atoms with Crippen LogP contribution < -0.4 is 0 Å². The van der Waals surface area contributed by atoms with Crippen molar-refractivity contribution in [1.29, 1.82) is 5.26 Å². The lowest BCUT2D eigenvalue weighted by atomic mass is 10.0. The highest BCUT2D eigenvalue weighted by molar-refractivity contribution is 5.76. The van der Waals surface area contributed by atoms with Crippen molar-refractivity contribution in [2.75, 3.05) is 6.54 Å². The molecule has 1 aromatic heterocycles. The van der Waals surface area contributed by atoms with Gasteiger partial charge in [-0.1, -0.05) is 0 Å². The van der Waals surface area contributed by atoms with Crippen molar-refractivity contribution < 1.29 is 4.79 Å². The molecule has 0 aliphatic carbocycles. The maximum Gasteiger partial charge on any atom is 0.252 e. The van der Waals surface area contributed by atoms with E-state index in [0.29, 0.717) is 6.04 Å². The second-order valence-electron chi connectivity index (χ2n) is 4.31. The smallest absolute Gasteiger partial charge is 0.252 e. The molecule has 1 atom stereocenters. The van der Waals surface area contributed by atoms with Crippen LogP contribution >= 0.6 is 0 Å². The number of rotatable bonds is 2. The Morgan fingerprint density at radius 3 is 3.12 bits per heavy atom. The molecule has 0 spiro atoms. The maximum atomic E-state index is 12.0. The van der Waals surface area contributed by atoms with Crippen LogP contribution in [-0.4, -0.2) is 38.2 Å². The largest absolute Gasteiger partial charge is 0.338 e. The van der Waals surface area contributed by atoms with Gasteiger partial charge in [-0.2, -0.15) is 5.26 Å². The summed E-state index contributed by atoms with van der Waals surface area (Å²) < 4.78 is 1.42. The molecule has 0 bridgehead atoms. The van der Waals surface area contributed by atoms with Gasteiger partial charge in [0, 0.05) is 12.6 Å². The molecule has 0 aromatic carbocycles. The van der Waals surface area contributed by atoms with Gasteiger partial charge >= 0.3 is 0 Å². The Morgan fingerprint density at radius 2 is 2.47 bits per heavy atom. The quantitative estimate of drug-likeness (QED) is 0.747. The van der Waals surface area contributed by atoms with Crippen LogP contribution in [0, 0.1) is 11.3 Å². The van der Waals surface area contributed by atoms with Gasteiger partial charge in [-0.25, -0.2) is 9.67 Å². The number of hydrogen-bond donors (Lipinski definition) is 0. The number of nitriles is 1. The first-order valence-corrected chi connectivity index (χ1v) is 5.79. The van der Waals surface area contributed by atoms with Gasteiger partial charge in [-0.3, -0.25) is 4.79 Å². The van der Waals surface area contributed by atoms with Crippen molar-refractivity contribution in [3.05, 3.63) is 12.2 Å². The molecular formula is C11H15N5O. The van der Waals surface area contributed by atoms with Crippen LogP contribution in [0.25, 0.3) is 0 Å². The van der Waals surface area contributed by atoms with Crippen LogP contribution in [0.5, 0.6) is 0 Å². The first kappa shape index (κ1) is 11.6. The van der Waals surface area contributed by atoms with Crippen molar-refractivity contribution in [3.63, 3.8) is 0 Å². The number of amides is 1. The first-order valence-electron chi connectivity index (χ1n) is 5.79. The average molecular weight is 233 g/mol. The molecule has 17 heavy (non-hydrogen) atoms. The minimum atomic E-state index is 0.0478. The lowest BCUT2D eigenvalue weighted by molar-refractivity contribution is -0.135. The Kier molecular flexibility index (Phi) is 3.38. The third-order valence-electron chi connectivity index (χ3n) is 3.06. The van der Waals surface area contributed by atoms with E-state index in [9.17, 15) is 4.79 Å². The summed E-state index contributed by atoms with van der Waals surface area (Å²) in [6.45, 7) is 3.05. The lowest BCUT2D eigenvalue weighted by Crippen LogP contribution is -2.43. The number of carbonyl (C=O) groups excluding carboxylic acids is 1. The Balaban J connectivity index is 1.98. The monoisotopic (exact) mass is 233 g/mol. The zero-order valence-corrected chi connectivity index (χ0v) is 9.83. The van der Waals surface area contributed by atoms with E-state index in [4.69, 9.17) is 5.26 Å². The number of piperidine rings is 1. The Morgan fingerprint density at radius 1 is 1.65 bits per heavy atom. The van der Waals surface area contributed by atoms with Crippen molar-refractivity contribution in [1.82, 2.24) is 19.7 Å². The van der Waals surface area contributed by atoms with Gasteiger partial charge in [0.15, 0.2) is 0 Å². The molecule has 1 aromatic rings. The number of nitrogens with zero attached hydrogens (tertiary/aromatic N) is 5. The molecule has 0 N–H and O–H groups in total. The van der Waals surface area contributed by atoms with E-state index in [-0.39, 0.29) is 18.3 Å². The van der Waals surface area contributed by atoms with Gasteiger partial charge in [-0.05, 0) is 26.2 Å². The summed E-state index contributed by atoms with van der Waals surface area (Å²) in [4.78, 5) is 17.7. The summed E-state index contributed by atoms with van der Waals surface area (Å²) in [6.07, 6.45) is 4.74. The van der Waals surface area contributed by atoms with Crippen LogP contribution in [0.15, 0.2) is 6.33 Å². The molecule has 1 aliphatic heterocycles. The average Bonchev–Trinajstić information content (AvgIpc) is 2.77. The van der Waals surface area contributed by atoms with E-state index >= 15 is 0 Å². The summed E-state index contributed by atoms with van der Waals surface area (Å²) in [7, 11) is 0. The molecule has 2 rings (SSSR count). The normalized spacial score (nSPS) is 20.0. The summed E-state index contributed by atoms with van der Waals surface area (Å²) >= 11 is 0. The van der Waals surface area contributed by atoms with Gasteiger partial charge in [0.2, 0.25) is 5.91 Å². The fourth-order valence-corrected chi connectivity index (χ4v) is 2.12. The highest BCUT2D eigenvalue weighted by Gasteiger charge is 2.23. The third kappa shape index (κ3) is 2.61. The zero-order chi connectivity index (χ0) is 12.3. The van der Waals surface area contributed by atoms with E-state index in [1.54, 1.807) is 0 Å². The number of likely N-dealkylation sites (tertiary alicyclic amines) is 1. The number of carbonyl (C=O) groups is 1. The van der Waals surface area contributed by atoms with E-state index < -0.39 is 0 Å². The predicted molar refractivity (Wildman–Crippen MR) is 59.8 cm³/mol. The topological polar surface area (TPSA) is 74.8 Å². The van der Waals surface area contributed by atoms with Crippen molar-refractivity contribution in [2.45, 2.75) is 38.8 Å². The van der Waals surface area contributed by atoms with Crippen molar-refractivity contribution >= 4 is 5.91 Å². The molecule has 2 heterocycles. The standard InChI is InChI=1S/C11H15N5O/c1-9-4-2-3-5-16(9)11(17)7-15-8-13-10(6-12)14-15/h8-9H,2-5,7H2,1H3/t9-/m1/s1. The number of aromatic nitrogens is 3. The molecule has 6 nitrogen and oxygen atoms in total. The number of hydrogen-bond acceptors (Lipinski definition) is 4. The molecule has 1 saturated heterocycles. The van der Waals surface area contributed by atoms with E-state index in [2.05, 4.69) is 17.0 Å². The first-order chi connectivity index (χ1) is 8.20. The second kappa shape index (κ2) is 4.95. The molecule has 90 valence electrons. The minimum Gasteiger partial charge on any atom is -0.338 e. The zero-order valence-electron chi connectivity index (χ0n) is 9.83. The summed E-state index contributed by atoms with van der Waals surface area (Å²) in [5, 5.41) is 12.5. The molecule has 1 fully saturated rings. The Labute approximate surface area is 99.9 Å². The highest BCUT2D eigenvalue weighted by atomic mass is 16.2. The van der Waals surface area contributed by atoms with Crippen LogP contribution in [0.2, 0.25) is 0 Å². The summed E-state index contributed by atoms with van der Waals surface area (Å²) in [5.41, 5.74) is 0. The fourth-order valence-electron chi connectivity index (χ4n) is 2.12.